The van der Waals surface area contributed by atoms with E-state index in [9.17, 15) is 19.5 Å². The standard InChI is InChI=1S/C30H41N3O5/c1-8-16-31(7)26(35)22-23-27(36)33(21(10-3)18-34)25(30(23)15-14-29(22,6)38-30)28(37)32(17-9-2)24-19(4)12-11-13-20(24)5/h8-9,11-13,21-23,25,34H,1-2,10,14-18H2,3-7H3/t21-,22-,23-,25?,29+,30?/m0/s1. The Morgan fingerprint density at radius 2 is 1.82 bits per heavy atom. The van der Waals surface area contributed by atoms with Crippen LogP contribution in [0.1, 0.15) is 44.2 Å². The van der Waals surface area contributed by atoms with Crippen molar-refractivity contribution in [2.75, 3.05) is 31.6 Å². The lowest BCUT2D eigenvalue weighted by atomic mass is 9.66. The van der Waals surface area contributed by atoms with Gasteiger partial charge in [0.05, 0.1) is 30.1 Å². The van der Waals surface area contributed by atoms with Crippen LogP contribution < -0.4 is 4.90 Å². The van der Waals surface area contributed by atoms with Gasteiger partial charge in [-0.25, -0.2) is 0 Å². The topological polar surface area (TPSA) is 90.4 Å². The van der Waals surface area contributed by atoms with E-state index in [0.29, 0.717) is 25.8 Å². The van der Waals surface area contributed by atoms with Crippen LogP contribution in [0.2, 0.25) is 0 Å². The number of likely N-dealkylation sites (N-methyl/N-ethyl adjacent to an activating group) is 1. The van der Waals surface area contributed by atoms with Crippen molar-refractivity contribution in [3.05, 3.63) is 54.6 Å². The van der Waals surface area contributed by atoms with E-state index in [1.807, 2.05) is 45.9 Å². The lowest BCUT2D eigenvalue weighted by Crippen LogP contribution is -2.59. The van der Waals surface area contributed by atoms with Crippen molar-refractivity contribution in [2.45, 2.75) is 70.2 Å². The fraction of sp³-hybridized carbons (Fsp3) is 0.567. The molecule has 1 spiro atoms. The molecule has 1 aromatic carbocycles. The molecule has 0 aromatic heterocycles. The maximum atomic E-state index is 14.7. The van der Waals surface area contributed by atoms with E-state index in [1.54, 1.807) is 29.0 Å². The highest BCUT2D eigenvalue weighted by Crippen LogP contribution is 2.64. The van der Waals surface area contributed by atoms with Crippen LogP contribution >= 0.6 is 0 Å². The zero-order valence-corrected chi connectivity index (χ0v) is 23.3. The molecule has 3 saturated heterocycles. The number of carbonyl (C=O) groups excluding carboxylic acids is 3. The van der Waals surface area contributed by atoms with E-state index >= 15 is 0 Å². The summed E-state index contributed by atoms with van der Waals surface area (Å²) in [6, 6.07) is 4.31. The first-order valence-corrected chi connectivity index (χ1v) is 13.5. The number of hydrogen-bond donors (Lipinski definition) is 1. The molecule has 8 nitrogen and oxygen atoms in total. The van der Waals surface area contributed by atoms with Crippen LogP contribution in [0.5, 0.6) is 0 Å². The Labute approximate surface area is 225 Å². The zero-order chi connectivity index (χ0) is 28.0. The van der Waals surface area contributed by atoms with E-state index in [2.05, 4.69) is 13.2 Å². The Balaban J connectivity index is 1.88. The minimum atomic E-state index is -1.16. The predicted octanol–water partition coefficient (Wildman–Crippen LogP) is 3.00. The number of aliphatic hydroxyl groups excluding tert-OH is 1. The van der Waals surface area contributed by atoms with Gasteiger partial charge in [0.2, 0.25) is 11.8 Å². The summed E-state index contributed by atoms with van der Waals surface area (Å²) in [4.78, 5) is 47.5. The molecule has 0 radical (unpaired) electrons. The van der Waals surface area contributed by atoms with Gasteiger partial charge in [0.25, 0.3) is 5.91 Å². The maximum Gasteiger partial charge on any atom is 0.253 e. The molecule has 2 bridgehead atoms. The number of aryl methyl sites for hydroxylation is 2. The molecule has 4 rings (SSSR count). The number of benzene rings is 1. The number of aliphatic hydroxyl groups is 1. The molecule has 6 atom stereocenters. The number of carbonyl (C=O) groups is 3. The van der Waals surface area contributed by atoms with Crippen LogP contribution in [0, 0.1) is 25.7 Å². The Kier molecular flexibility index (Phi) is 7.60. The second-order valence-electron chi connectivity index (χ2n) is 11.2. The average molecular weight is 524 g/mol. The number of anilines is 1. The van der Waals surface area contributed by atoms with Crippen LogP contribution in [0.4, 0.5) is 5.69 Å². The van der Waals surface area contributed by atoms with Gasteiger partial charge in [0.15, 0.2) is 0 Å². The predicted molar refractivity (Wildman–Crippen MR) is 147 cm³/mol. The molecule has 3 fully saturated rings. The normalized spacial score (nSPS) is 30.2. The monoisotopic (exact) mass is 523 g/mol. The molecule has 0 aliphatic carbocycles. The van der Waals surface area contributed by atoms with Gasteiger partial charge >= 0.3 is 0 Å². The summed E-state index contributed by atoms with van der Waals surface area (Å²) in [6.45, 7) is 15.6. The highest BCUT2D eigenvalue weighted by molar-refractivity contribution is 6.05. The fourth-order valence-corrected chi connectivity index (χ4v) is 7.15. The molecule has 206 valence electrons. The summed E-state index contributed by atoms with van der Waals surface area (Å²) in [5.41, 5.74) is 0.625. The van der Waals surface area contributed by atoms with E-state index in [-0.39, 0.29) is 30.9 Å². The number of fused-ring (bicyclic) bond motifs is 1. The third-order valence-electron chi connectivity index (χ3n) is 8.86. The number of para-hydroxylation sites is 1. The minimum absolute atomic E-state index is 0.185. The second-order valence-corrected chi connectivity index (χ2v) is 11.2. The summed E-state index contributed by atoms with van der Waals surface area (Å²) in [6.07, 6.45) is 4.84. The van der Waals surface area contributed by atoms with Crippen LogP contribution in [0.3, 0.4) is 0 Å². The van der Waals surface area contributed by atoms with Gasteiger partial charge in [-0.05, 0) is 51.2 Å². The molecule has 0 saturated carbocycles. The molecule has 3 amide bonds. The van der Waals surface area contributed by atoms with Crippen LogP contribution in [0.15, 0.2) is 43.5 Å². The molecule has 8 heteroatoms. The fourth-order valence-electron chi connectivity index (χ4n) is 7.15. The van der Waals surface area contributed by atoms with Crippen LogP contribution in [0.25, 0.3) is 0 Å². The Morgan fingerprint density at radius 1 is 1.18 bits per heavy atom. The largest absolute Gasteiger partial charge is 0.394 e. The van der Waals surface area contributed by atoms with E-state index in [1.165, 1.54) is 4.90 Å². The molecule has 3 heterocycles. The lowest BCUT2D eigenvalue weighted by molar-refractivity contribution is -0.151. The quantitative estimate of drug-likeness (QED) is 0.476. The van der Waals surface area contributed by atoms with Crippen molar-refractivity contribution in [2.24, 2.45) is 11.8 Å². The summed E-state index contributed by atoms with van der Waals surface area (Å²) in [5.74, 6) is -2.28. The number of hydrogen-bond acceptors (Lipinski definition) is 5. The smallest absolute Gasteiger partial charge is 0.253 e. The first kappa shape index (κ1) is 28.0. The SMILES string of the molecule is C=CCN(C)C(=O)[C@@H]1[C@H]2C(=O)N([C@@H](CC)CO)C(C(=O)N(CC=C)c3c(C)cccc3C)C23CC[C@@]1(C)O3. The van der Waals surface area contributed by atoms with Crippen molar-refractivity contribution in [3.8, 4) is 0 Å². The second kappa shape index (κ2) is 10.3. The first-order valence-electron chi connectivity index (χ1n) is 13.5. The summed E-state index contributed by atoms with van der Waals surface area (Å²) < 4.78 is 6.74. The van der Waals surface area contributed by atoms with Gasteiger partial charge in [-0.1, -0.05) is 37.3 Å². The summed E-state index contributed by atoms with van der Waals surface area (Å²) >= 11 is 0. The Bertz CT molecular complexity index is 1130. The van der Waals surface area contributed by atoms with Crippen LogP contribution in [-0.2, 0) is 19.1 Å². The Morgan fingerprint density at radius 3 is 2.37 bits per heavy atom. The highest BCUT2D eigenvalue weighted by Gasteiger charge is 2.78. The maximum absolute atomic E-state index is 14.7. The zero-order valence-electron chi connectivity index (χ0n) is 23.3. The van der Waals surface area contributed by atoms with Crippen molar-refractivity contribution in [1.29, 1.82) is 0 Å². The minimum Gasteiger partial charge on any atom is -0.394 e. The van der Waals surface area contributed by atoms with Crippen molar-refractivity contribution >= 4 is 23.4 Å². The molecule has 3 aliphatic rings. The number of amides is 3. The number of rotatable bonds is 10. The number of nitrogens with zero attached hydrogens (tertiary/aromatic N) is 3. The van der Waals surface area contributed by atoms with Crippen molar-refractivity contribution in [3.63, 3.8) is 0 Å². The van der Waals surface area contributed by atoms with E-state index < -0.39 is 35.1 Å². The highest BCUT2D eigenvalue weighted by atomic mass is 16.5. The third-order valence-corrected chi connectivity index (χ3v) is 8.86. The van der Waals surface area contributed by atoms with Gasteiger partial charge in [-0.3, -0.25) is 14.4 Å². The van der Waals surface area contributed by atoms with Gasteiger partial charge in [-0.15, -0.1) is 13.2 Å². The molecular weight excluding hydrogens is 482 g/mol. The van der Waals surface area contributed by atoms with E-state index in [4.69, 9.17) is 4.74 Å². The number of likely N-dealkylation sites (tertiary alicyclic amines) is 1. The summed E-state index contributed by atoms with van der Waals surface area (Å²) in [7, 11) is 1.70. The molecule has 2 unspecified atom stereocenters. The van der Waals surface area contributed by atoms with Crippen molar-refractivity contribution in [1.82, 2.24) is 9.80 Å². The molecule has 38 heavy (non-hydrogen) atoms. The molecule has 1 aromatic rings. The van der Waals surface area contributed by atoms with Gasteiger partial charge in [0.1, 0.15) is 11.6 Å². The third kappa shape index (κ3) is 4.00. The first-order chi connectivity index (χ1) is 18.0. The summed E-state index contributed by atoms with van der Waals surface area (Å²) in [5, 5.41) is 10.3. The number of ether oxygens (including phenoxy) is 1. The molecule has 1 N–H and O–H groups in total. The van der Waals surface area contributed by atoms with Gasteiger partial charge < -0.3 is 24.5 Å². The van der Waals surface area contributed by atoms with Gasteiger partial charge in [0, 0.05) is 25.8 Å². The average Bonchev–Trinajstić information content (AvgIpc) is 3.44. The van der Waals surface area contributed by atoms with E-state index in [0.717, 1.165) is 16.8 Å². The lowest BCUT2D eigenvalue weighted by Gasteiger charge is -2.39. The van der Waals surface area contributed by atoms with Crippen LogP contribution in [-0.4, -0.2) is 82.7 Å². The van der Waals surface area contributed by atoms with Crippen molar-refractivity contribution < 1.29 is 24.2 Å². The molecular formula is C30H41N3O5. The van der Waals surface area contributed by atoms with Gasteiger partial charge in [-0.2, -0.15) is 0 Å². The Hall–Kier alpha value is -2.97. The molecule has 3 aliphatic heterocycles.